The van der Waals surface area contributed by atoms with Gasteiger partial charge in [-0.25, -0.2) is 4.79 Å². The largest absolute Gasteiger partial charge is 0.508 e. The summed E-state index contributed by atoms with van der Waals surface area (Å²) in [5.41, 5.74) is 0. The molecule has 0 aliphatic heterocycles. The zero-order chi connectivity index (χ0) is 10.4. The molecule has 1 rings (SSSR count). The number of hydrogen-bond donors (Lipinski definition) is 1. The van der Waals surface area contributed by atoms with Crippen molar-refractivity contribution >= 4 is 5.97 Å². The molecule has 74 valence electrons. The van der Waals surface area contributed by atoms with E-state index in [9.17, 15) is 4.79 Å². The van der Waals surface area contributed by atoms with Crippen molar-refractivity contribution in [3.8, 4) is 11.5 Å². The first-order valence-corrected chi connectivity index (χ1v) is 3.92. The lowest BCUT2D eigenvalue weighted by atomic mass is 10.3. The molecule has 0 radical (unpaired) electrons. The molecule has 0 fully saturated rings. The lowest BCUT2D eigenvalue weighted by Crippen LogP contribution is -1.94. The van der Waals surface area contributed by atoms with Crippen LogP contribution in [0.2, 0.25) is 0 Å². The van der Waals surface area contributed by atoms with Crippen LogP contribution in [0, 0.1) is 0 Å². The Morgan fingerprint density at radius 3 is 2.93 bits per heavy atom. The minimum Gasteiger partial charge on any atom is -0.508 e. The van der Waals surface area contributed by atoms with E-state index in [4.69, 9.17) is 9.84 Å². The summed E-state index contributed by atoms with van der Waals surface area (Å²) in [6.45, 7) is 0. The van der Waals surface area contributed by atoms with Crippen LogP contribution in [0.5, 0.6) is 11.5 Å². The highest BCUT2D eigenvalue weighted by atomic mass is 16.5. The van der Waals surface area contributed by atoms with Gasteiger partial charge in [-0.2, -0.15) is 0 Å². The molecule has 0 bridgehead atoms. The number of rotatable bonds is 3. The summed E-state index contributed by atoms with van der Waals surface area (Å²) in [5.74, 6) is 0.0595. The number of benzene rings is 1. The predicted molar refractivity (Wildman–Crippen MR) is 49.9 cm³/mol. The fraction of sp³-hybridized carbons (Fsp3) is 0.100. The SMILES string of the molecule is COC(=O)C=COc1cccc(O)c1. The fourth-order valence-corrected chi connectivity index (χ4v) is 0.793. The third-order valence-corrected chi connectivity index (χ3v) is 1.43. The summed E-state index contributed by atoms with van der Waals surface area (Å²) in [6, 6.07) is 6.25. The van der Waals surface area contributed by atoms with E-state index in [2.05, 4.69) is 4.74 Å². The molecule has 1 aromatic carbocycles. The second kappa shape index (κ2) is 4.91. The Hall–Kier alpha value is -1.97. The van der Waals surface area contributed by atoms with Crippen molar-refractivity contribution in [2.75, 3.05) is 7.11 Å². The molecule has 0 aliphatic carbocycles. The maximum Gasteiger partial charge on any atom is 0.333 e. The van der Waals surface area contributed by atoms with Gasteiger partial charge in [0.2, 0.25) is 0 Å². The molecular weight excluding hydrogens is 184 g/mol. The zero-order valence-corrected chi connectivity index (χ0v) is 7.64. The molecule has 0 saturated carbocycles. The molecule has 0 aromatic heterocycles. The van der Waals surface area contributed by atoms with Crippen LogP contribution in [0.15, 0.2) is 36.6 Å². The van der Waals surface area contributed by atoms with E-state index in [0.29, 0.717) is 5.75 Å². The second-order valence-electron chi connectivity index (χ2n) is 2.44. The molecule has 14 heavy (non-hydrogen) atoms. The number of phenols is 1. The highest BCUT2D eigenvalue weighted by Gasteiger charge is 1.93. The Labute approximate surface area is 81.4 Å². The number of aromatic hydroxyl groups is 1. The molecule has 1 N–H and O–H groups in total. The Kier molecular flexibility index (Phi) is 3.55. The van der Waals surface area contributed by atoms with Gasteiger partial charge in [0.25, 0.3) is 0 Å². The number of esters is 1. The Balaban J connectivity index is 2.53. The number of phenolic OH excluding ortho intramolecular Hbond substituents is 1. The Morgan fingerprint density at radius 2 is 2.29 bits per heavy atom. The summed E-state index contributed by atoms with van der Waals surface area (Å²) in [7, 11) is 1.28. The minimum absolute atomic E-state index is 0.106. The Bertz CT molecular complexity index is 344. The predicted octanol–water partition coefficient (Wildman–Crippen LogP) is 1.46. The molecule has 1 aromatic rings. The van der Waals surface area contributed by atoms with Crippen LogP contribution in [-0.4, -0.2) is 18.2 Å². The van der Waals surface area contributed by atoms with E-state index in [0.717, 1.165) is 6.08 Å². The summed E-state index contributed by atoms with van der Waals surface area (Å²) in [4.78, 5) is 10.6. The van der Waals surface area contributed by atoms with Gasteiger partial charge in [0.05, 0.1) is 19.4 Å². The average molecular weight is 194 g/mol. The maximum absolute atomic E-state index is 10.6. The molecule has 0 aliphatic rings. The van der Waals surface area contributed by atoms with Gasteiger partial charge in [0, 0.05) is 6.07 Å². The molecule has 0 spiro atoms. The van der Waals surface area contributed by atoms with Gasteiger partial charge >= 0.3 is 5.97 Å². The standard InChI is InChI=1S/C10H10O4/c1-13-10(12)5-6-14-9-4-2-3-8(11)7-9/h2-7,11H,1H3. The van der Waals surface area contributed by atoms with E-state index in [-0.39, 0.29) is 5.75 Å². The van der Waals surface area contributed by atoms with Crippen molar-refractivity contribution in [3.05, 3.63) is 36.6 Å². The number of ether oxygens (including phenoxy) is 2. The zero-order valence-electron chi connectivity index (χ0n) is 7.64. The quantitative estimate of drug-likeness (QED) is 0.449. The smallest absolute Gasteiger partial charge is 0.333 e. The van der Waals surface area contributed by atoms with Crippen molar-refractivity contribution in [1.82, 2.24) is 0 Å². The van der Waals surface area contributed by atoms with Gasteiger partial charge in [0.15, 0.2) is 0 Å². The number of hydrogen-bond acceptors (Lipinski definition) is 4. The average Bonchev–Trinajstić information content (AvgIpc) is 2.17. The molecule has 0 saturated heterocycles. The normalized spacial score (nSPS) is 10.1. The molecule has 4 heteroatoms. The van der Waals surface area contributed by atoms with Gasteiger partial charge in [-0.1, -0.05) is 6.07 Å². The molecule has 0 heterocycles. The van der Waals surface area contributed by atoms with Crippen LogP contribution >= 0.6 is 0 Å². The number of carbonyl (C=O) groups is 1. The van der Waals surface area contributed by atoms with E-state index >= 15 is 0 Å². The number of methoxy groups -OCH3 is 1. The van der Waals surface area contributed by atoms with Crippen molar-refractivity contribution in [2.45, 2.75) is 0 Å². The van der Waals surface area contributed by atoms with Crippen molar-refractivity contribution in [3.63, 3.8) is 0 Å². The van der Waals surface area contributed by atoms with E-state index < -0.39 is 5.97 Å². The van der Waals surface area contributed by atoms with Crippen LogP contribution in [-0.2, 0) is 9.53 Å². The van der Waals surface area contributed by atoms with Gasteiger partial charge in [-0.15, -0.1) is 0 Å². The van der Waals surface area contributed by atoms with Crippen LogP contribution in [0.4, 0.5) is 0 Å². The van der Waals surface area contributed by atoms with Crippen molar-refractivity contribution in [1.29, 1.82) is 0 Å². The summed E-state index contributed by atoms with van der Waals surface area (Å²) >= 11 is 0. The van der Waals surface area contributed by atoms with Gasteiger partial charge < -0.3 is 14.6 Å². The first kappa shape index (κ1) is 10.1. The third kappa shape index (κ3) is 3.18. The monoisotopic (exact) mass is 194 g/mol. The van der Waals surface area contributed by atoms with E-state index in [1.807, 2.05) is 0 Å². The summed E-state index contributed by atoms with van der Waals surface area (Å²) in [5, 5.41) is 9.07. The lowest BCUT2D eigenvalue weighted by molar-refractivity contribution is -0.134. The van der Waals surface area contributed by atoms with Crippen LogP contribution in [0.3, 0.4) is 0 Å². The van der Waals surface area contributed by atoms with Gasteiger partial charge in [-0.05, 0) is 12.1 Å². The maximum atomic E-state index is 10.6. The van der Waals surface area contributed by atoms with Gasteiger partial charge in [0.1, 0.15) is 11.5 Å². The molecule has 4 nitrogen and oxygen atoms in total. The van der Waals surface area contributed by atoms with Gasteiger partial charge in [-0.3, -0.25) is 0 Å². The summed E-state index contributed by atoms with van der Waals surface area (Å²) in [6.07, 6.45) is 2.34. The Morgan fingerprint density at radius 1 is 1.50 bits per heavy atom. The van der Waals surface area contributed by atoms with Crippen LogP contribution in [0.1, 0.15) is 0 Å². The summed E-state index contributed by atoms with van der Waals surface area (Å²) < 4.78 is 9.37. The van der Waals surface area contributed by atoms with Crippen LogP contribution in [0.25, 0.3) is 0 Å². The van der Waals surface area contributed by atoms with E-state index in [1.165, 1.54) is 25.5 Å². The first-order chi connectivity index (χ1) is 6.72. The highest BCUT2D eigenvalue weighted by Crippen LogP contribution is 2.17. The van der Waals surface area contributed by atoms with E-state index in [1.54, 1.807) is 12.1 Å². The van der Waals surface area contributed by atoms with Crippen molar-refractivity contribution in [2.24, 2.45) is 0 Å². The molecular formula is C10H10O4. The first-order valence-electron chi connectivity index (χ1n) is 3.92. The fourth-order valence-electron chi connectivity index (χ4n) is 0.793. The highest BCUT2D eigenvalue weighted by molar-refractivity contribution is 5.81. The third-order valence-electron chi connectivity index (χ3n) is 1.43. The topological polar surface area (TPSA) is 55.8 Å². The lowest BCUT2D eigenvalue weighted by Gasteiger charge is -1.99. The molecule has 0 unspecified atom stereocenters. The van der Waals surface area contributed by atoms with Crippen LogP contribution < -0.4 is 4.74 Å². The molecule has 0 amide bonds. The second-order valence-corrected chi connectivity index (χ2v) is 2.44. The van der Waals surface area contributed by atoms with Crippen molar-refractivity contribution < 1.29 is 19.4 Å². The molecule has 0 atom stereocenters. The number of carbonyl (C=O) groups excluding carboxylic acids is 1. The minimum atomic E-state index is -0.495.